The van der Waals surface area contributed by atoms with Crippen LogP contribution in [0, 0.1) is 0 Å². The van der Waals surface area contributed by atoms with Gasteiger partial charge in [-0.15, -0.1) is 6.58 Å². The minimum absolute atomic E-state index is 0.00438. The van der Waals surface area contributed by atoms with Gasteiger partial charge in [0.25, 0.3) is 0 Å². The molecule has 0 radical (unpaired) electrons. The Morgan fingerprint density at radius 2 is 2.05 bits per heavy atom. The van der Waals surface area contributed by atoms with Gasteiger partial charge in [-0.1, -0.05) is 29.3 Å². The van der Waals surface area contributed by atoms with Crippen LogP contribution < -0.4 is 0 Å². The number of aromatic carboxylic acids is 1. The van der Waals surface area contributed by atoms with Gasteiger partial charge >= 0.3 is 5.97 Å². The molecule has 0 atom stereocenters. The quantitative estimate of drug-likeness (QED) is 0.801. The first-order chi connectivity index (χ1) is 9.78. The summed E-state index contributed by atoms with van der Waals surface area (Å²) in [6, 6.07) is 2.20. The number of carboxylic acid groups (broad SMARTS) is 1. The molecule has 1 aliphatic rings. The van der Waals surface area contributed by atoms with Crippen molar-refractivity contribution in [2.24, 2.45) is 0 Å². The fraction of sp³-hybridized carbons (Fsp3) is 0.308. The molecule has 114 valence electrons. The number of hydrogen-bond acceptors (Lipinski definition) is 3. The Hall–Kier alpha value is -1.08. The van der Waals surface area contributed by atoms with Crippen LogP contribution in [0.15, 0.2) is 29.7 Å². The normalized spacial score (nSPS) is 15.2. The average Bonchev–Trinajstić information content (AvgIpc) is 3.21. The van der Waals surface area contributed by atoms with Gasteiger partial charge in [0.05, 0.1) is 10.6 Å². The summed E-state index contributed by atoms with van der Waals surface area (Å²) in [5.74, 6) is -1.33. The molecule has 1 saturated carbocycles. The molecular formula is C13H13Cl2NO4S. The molecule has 21 heavy (non-hydrogen) atoms. The van der Waals surface area contributed by atoms with E-state index in [0.29, 0.717) is 0 Å². The van der Waals surface area contributed by atoms with E-state index in [9.17, 15) is 13.2 Å². The first kappa shape index (κ1) is 16.3. The van der Waals surface area contributed by atoms with E-state index in [2.05, 4.69) is 6.58 Å². The molecule has 1 aromatic carbocycles. The van der Waals surface area contributed by atoms with Crippen molar-refractivity contribution in [2.45, 2.75) is 23.8 Å². The van der Waals surface area contributed by atoms with Gasteiger partial charge in [-0.2, -0.15) is 4.31 Å². The van der Waals surface area contributed by atoms with Gasteiger partial charge in [0.2, 0.25) is 10.0 Å². The van der Waals surface area contributed by atoms with Gasteiger partial charge in [0.15, 0.2) is 0 Å². The molecule has 0 unspecified atom stereocenters. The van der Waals surface area contributed by atoms with Gasteiger partial charge in [0.1, 0.15) is 4.90 Å². The lowest BCUT2D eigenvalue weighted by Crippen LogP contribution is -2.33. The number of benzene rings is 1. The minimum atomic E-state index is -3.93. The zero-order valence-corrected chi connectivity index (χ0v) is 13.2. The molecule has 0 bridgehead atoms. The van der Waals surface area contributed by atoms with Gasteiger partial charge < -0.3 is 5.11 Å². The van der Waals surface area contributed by atoms with Crippen LogP contribution in [0.1, 0.15) is 23.2 Å². The maximum atomic E-state index is 12.7. The third-order valence-corrected chi connectivity index (χ3v) is 5.76. The fourth-order valence-corrected chi connectivity index (χ4v) is 4.50. The van der Waals surface area contributed by atoms with E-state index in [1.54, 1.807) is 0 Å². The molecule has 0 aliphatic heterocycles. The Bertz CT molecular complexity index is 698. The molecule has 0 saturated heterocycles. The average molecular weight is 350 g/mol. The Balaban J connectivity index is 2.58. The second kappa shape index (κ2) is 5.96. The molecule has 0 spiro atoms. The van der Waals surface area contributed by atoms with Gasteiger partial charge in [-0.3, -0.25) is 0 Å². The molecular weight excluding hydrogens is 337 g/mol. The van der Waals surface area contributed by atoms with E-state index in [1.807, 2.05) is 0 Å². The summed E-state index contributed by atoms with van der Waals surface area (Å²) in [7, 11) is -3.93. The molecule has 8 heteroatoms. The van der Waals surface area contributed by atoms with E-state index < -0.39 is 16.0 Å². The number of hydrogen-bond donors (Lipinski definition) is 1. The number of sulfonamides is 1. The molecule has 2 rings (SSSR count). The number of rotatable bonds is 6. The third kappa shape index (κ3) is 3.23. The summed E-state index contributed by atoms with van der Waals surface area (Å²) < 4.78 is 26.7. The second-order valence-electron chi connectivity index (χ2n) is 4.67. The SMILES string of the molecule is C=CCN(C1CC1)S(=O)(=O)c1cc(Cl)cc(C(=O)O)c1Cl. The van der Waals surface area contributed by atoms with Crippen LogP contribution >= 0.6 is 23.2 Å². The van der Waals surface area contributed by atoms with Crippen molar-refractivity contribution in [1.82, 2.24) is 4.31 Å². The summed E-state index contributed by atoms with van der Waals surface area (Å²) >= 11 is 11.8. The van der Waals surface area contributed by atoms with E-state index in [1.165, 1.54) is 16.4 Å². The predicted molar refractivity (Wildman–Crippen MR) is 80.5 cm³/mol. The fourth-order valence-electron chi connectivity index (χ4n) is 1.97. The molecule has 0 heterocycles. The van der Waals surface area contributed by atoms with E-state index >= 15 is 0 Å². The maximum absolute atomic E-state index is 12.7. The third-order valence-electron chi connectivity index (χ3n) is 3.08. The molecule has 1 aliphatic carbocycles. The molecule has 1 fully saturated rings. The highest BCUT2D eigenvalue weighted by Gasteiger charge is 2.39. The second-order valence-corrected chi connectivity index (χ2v) is 7.34. The van der Waals surface area contributed by atoms with Crippen molar-refractivity contribution in [3.8, 4) is 0 Å². The van der Waals surface area contributed by atoms with Crippen molar-refractivity contribution in [1.29, 1.82) is 0 Å². The van der Waals surface area contributed by atoms with E-state index in [4.69, 9.17) is 28.3 Å². The van der Waals surface area contributed by atoms with Crippen molar-refractivity contribution in [2.75, 3.05) is 6.54 Å². The van der Waals surface area contributed by atoms with Gasteiger partial charge in [0, 0.05) is 17.6 Å². The van der Waals surface area contributed by atoms with Crippen LogP contribution in [-0.2, 0) is 10.0 Å². The van der Waals surface area contributed by atoms with E-state index in [-0.39, 0.29) is 33.1 Å². The predicted octanol–water partition coefficient (Wildman–Crippen LogP) is 3.03. The molecule has 5 nitrogen and oxygen atoms in total. The Kier molecular flexibility index (Phi) is 4.63. The maximum Gasteiger partial charge on any atom is 0.337 e. The topological polar surface area (TPSA) is 74.7 Å². The van der Waals surface area contributed by atoms with Crippen LogP contribution in [-0.4, -0.2) is 36.4 Å². The summed E-state index contributed by atoms with van der Waals surface area (Å²) in [6.45, 7) is 3.68. The Morgan fingerprint density at radius 1 is 1.43 bits per heavy atom. The van der Waals surface area contributed by atoms with Crippen LogP contribution in [0.2, 0.25) is 10.0 Å². The lowest BCUT2D eigenvalue weighted by Gasteiger charge is -2.21. The van der Waals surface area contributed by atoms with Crippen LogP contribution in [0.4, 0.5) is 0 Å². The van der Waals surface area contributed by atoms with Gasteiger partial charge in [-0.25, -0.2) is 13.2 Å². The lowest BCUT2D eigenvalue weighted by atomic mass is 10.2. The molecule has 1 N–H and O–H groups in total. The lowest BCUT2D eigenvalue weighted by molar-refractivity contribution is 0.0697. The largest absolute Gasteiger partial charge is 0.478 e. The summed E-state index contributed by atoms with van der Waals surface area (Å²) in [5.41, 5.74) is -0.336. The van der Waals surface area contributed by atoms with Crippen LogP contribution in [0.5, 0.6) is 0 Å². The van der Waals surface area contributed by atoms with Crippen molar-refractivity contribution in [3.63, 3.8) is 0 Å². The number of carboxylic acids is 1. The number of nitrogens with zero attached hydrogens (tertiary/aromatic N) is 1. The molecule has 0 aromatic heterocycles. The summed E-state index contributed by atoms with van der Waals surface area (Å²) in [6.07, 6.45) is 3.00. The Labute approximate surface area is 132 Å². The van der Waals surface area contributed by atoms with Crippen molar-refractivity contribution >= 4 is 39.2 Å². The summed E-state index contributed by atoms with van der Waals surface area (Å²) in [5, 5.41) is 8.75. The van der Waals surface area contributed by atoms with Gasteiger partial charge in [-0.05, 0) is 25.0 Å². The first-order valence-electron chi connectivity index (χ1n) is 6.14. The smallest absolute Gasteiger partial charge is 0.337 e. The van der Waals surface area contributed by atoms with Crippen molar-refractivity contribution in [3.05, 3.63) is 40.4 Å². The number of carbonyl (C=O) groups is 1. The molecule has 1 aromatic rings. The van der Waals surface area contributed by atoms with E-state index in [0.717, 1.165) is 18.9 Å². The number of halogens is 2. The highest BCUT2D eigenvalue weighted by Crippen LogP contribution is 2.36. The standard InChI is InChI=1S/C13H13Cl2NO4S/c1-2-5-16(9-3-4-9)21(19,20)11-7-8(14)6-10(12(11)15)13(17)18/h2,6-7,9H,1,3-5H2,(H,17,18). The van der Waals surface area contributed by atoms with Crippen molar-refractivity contribution < 1.29 is 18.3 Å². The Morgan fingerprint density at radius 3 is 2.52 bits per heavy atom. The molecule has 0 amide bonds. The zero-order chi connectivity index (χ0) is 15.8. The monoisotopic (exact) mass is 349 g/mol. The van der Waals surface area contributed by atoms with Crippen LogP contribution in [0.3, 0.4) is 0 Å². The zero-order valence-electron chi connectivity index (χ0n) is 10.9. The minimum Gasteiger partial charge on any atom is -0.478 e. The summed E-state index contributed by atoms with van der Waals surface area (Å²) in [4.78, 5) is 10.8. The van der Waals surface area contributed by atoms with Crippen LogP contribution in [0.25, 0.3) is 0 Å². The first-order valence-corrected chi connectivity index (χ1v) is 8.33. The highest BCUT2D eigenvalue weighted by molar-refractivity contribution is 7.89. The highest BCUT2D eigenvalue weighted by atomic mass is 35.5.